The monoisotopic (exact) mass is 322 g/mol. The third-order valence-corrected chi connectivity index (χ3v) is 4.20. The van der Waals surface area contributed by atoms with Crippen LogP contribution in [0.25, 0.3) is 0 Å². The third kappa shape index (κ3) is 4.02. The second-order valence-electron chi connectivity index (χ2n) is 6.22. The summed E-state index contributed by atoms with van der Waals surface area (Å²) in [6.07, 6.45) is 0.635. The number of rotatable bonds is 5. The summed E-state index contributed by atoms with van der Waals surface area (Å²) in [6, 6.07) is 18.3. The predicted octanol–water partition coefficient (Wildman–Crippen LogP) is 3.54. The molecule has 1 aliphatic heterocycles. The first-order valence-corrected chi connectivity index (χ1v) is 8.21. The van der Waals surface area contributed by atoms with E-state index in [-0.39, 0.29) is 12.0 Å². The van der Waals surface area contributed by atoms with Crippen molar-refractivity contribution in [3.63, 3.8) is 0 Å². The minimum absolute atomic E-state index is 0.0474. The smallest absolute Gasteiger partial charge is 0.219 e. The van der Waals surface area contributed by atoms with Gasteiger partial charge in [-0.2, -0.15) is 0 Å². The highest BCUT2D eigenvalue weighted by atomic mass is 16.6. The molecule has 0 aliphatic carbocycles. The second kappa shape index (κ2) is 7.30. The fraction of sp³-hybridized carbons (Fsp3) is 0.300. The Morgan fingerprint density at radius 2 is 1.88 bits per heavy atom. The van der Waals surface area contributed by atoms with Crippen LogP contribution in [-0.2, 0) is 16.2 Å². The quantitative estimate of drug-likeness (QED) is 0.845. The van der Waals surface area contributed by atoms with E-state index in [4.69, 9.17) is 4.84 Å². The molecular weight excluding hydrogens is 300 g/mol. The molecule has 0 spiro atoms. The molecule has 4 heteroatoms. The summed E-state index contributed by atoms with van der Waals surface area (Å²) in [5.74, 6) is 0.0474. The van der Waals surface area contributed by atoms with Crippen LogP contribution < -0.4 is 0 Å². The van der Waals surface area contributed by atoms with Gasteiger partial charge < -0.3 is 9.74 Å². The number of carbonyl (C=O) groups is 1. The van der Waals surface area contributed by atoms with Gasteiger partial charge in [-0.05, 0) is 18.1 Å². The lowest BCUT2D eigenvalue weighted by molar-refractivity contribution is -0.131. The maximum atomic E-state index is 12.0. The number of hydrogen-bond acceptors (Lipinski definition) is 3. The fourth-order valence-corrected chi connectivity index (χ4v) is 2.80. The summed E-state index contributed by atoms with van der Waals surface area (Å²) in [5.41, 5.74) is 4.37. The molecule has 0 saturated heterocycles. The average Bonchev–Trinajstić information content (AvgIpc) is 3.04. The van der Waals surface area contributed by atoms with Gasteiger partial charge in [-0.25, -0.2) is 0 Å². The van der Waals surface area contributed by atoms with Crippen molar-refractivity contribution in [2.75, 3.05) is 6.54 Å². The normalized spacial score (nSPS) is 16.4. The molecule has 24 heavy (non-hydrogen) atoms. The van der Waals surface area contributed by atoms with Gasteiger partial charge in [0.25, 0.3) is 0 Å². The van der Waals surface area contributed by atoms with Gasteiger partial charge in [-0.1, -0.05) is 65.3 Å². The molecule has 1 amide bonds. The van der Waals surface area contributed by atoms with Crippen LogP contribution in [0.1, 0.15) is 30.0 Å². The maximum absolute atomic E-state index is 12.0. The van der Waals surface area contributed by atoms with Gasteiger partial charge in [0.15, 0.2) is 6.10 Å². The number of nitrogens with zero attached hydrogens (tertiary/aromatic N) is 2. The maximum Gasteiger partial charge on any atom is 0.219 e. The minimum atomic E-state index is -0.0890. The second-order valence-corrected chi connectivity index (χ2v) is 6.22. The Labute approximate surface area is 142 Å². The molecule has 1 aliphatic rings. The van der Waals surface area contributed by atoms with Crippen LogP contribution in [0.3, 0.4) is 0 Å². The molecule has 2 aromatic rings. The van der Waals surface area contributed by atoms with Crippen molar-refractivity contribution in [1.29, 1.82) is 0 Å². The van der Waals surface area contributed by atoms with E-state index in [1.165, 1.54) is 5.56 Å². The van der Waals surface area contributed by atoms with Crippen molar-refractivity contribution < 1.29 is 9.63 Å². The average molecular weight is 322 g/mol. The SMILES string of the molecule is CC(=O)N(Cc1ccccc1)CC1CC(c2ccc(C)cc2)=NO1. The molecule has 0 fully saturated rings. The zero-order valence-electron chi connectivity index (χ0n) is 14.1. The molecule has 0 saturated carbocycles. The van der Waals surface area contributed by atoms with Crippen molar-refractivity contribution in [3.8, 4) is 0 Å². The molecule has 1 unspecified atom stereocenters. The van der Waals surface area contributed by atoms with Gasteiger partial charge in [-0.3, -0.25) is 4.79 Å². The summed E-state index contributed by atoms with van der Waals surface area (Å²) < 4.78 is 0. The van der Waals surface area contributed by atoms with E-state index in [9.17, 15) is 4.79 Å². The van der Waals surface area contributed by atoms with Crippen molar-refractivity contribution in [3.05, 3.63) is 71.3 Å². The van der Waals surface area contributed by atoms with Gasteiger partial charge in [0.05, 0.1) is 12.3 Å². The standard InChI is InChI=1S/C20H22N2O2/c1-15-8-10-18(11-9-15)20-12-19(24-21-20)14-22(16(2)23)13-17-6-4-3-5-7-17/h3-11,19H,12-14H2,1-2H3. The summed E-state index contributed by atoms with van der Waals surface area (Å²) in [4.78, 5) is 19.3. The van der Waals surface area contributed by atoms with Crippen molar-refractivity contribution in [1.82, 2.24) is 4.90 Å². The number of amides is 1. The van der Waals surface area contributed by atoms with E-state index in [1.807, 2.05) is 35.2 Å². The van der Waals surface area contributed by atoms with Crippen molar-refractivity contribution >= 4 is 11.6 Å². The third-order valence-electron chi connectivity index (χ3n) is 4.20. The lowest BCUT2D eigenvalue weighted by Gasteiger charge is -2.23. The Hall–Kier alpha value is -2.62. The Bertz CT molecular complexity index is 723. The Morgan fingerprint density at radius 1 is 1.17 bits per heavy atom. The number of carbonyl (C=O) groups excluding carboxylic acids is 1. The van der Waals surface area contributed by atoms with Gasteiger partial charge in [0, 0.05) is 19.9 Å². The van der Waals surface area contributed by atoms with Crippen LogP contribution in [-0.4, -0.2) is 29.2 Å². The van der Waals surface area contributed by atoms with Gasteiger partial charge in [0.1, 0.15) is 0 Å². The van der Waals surface area contributed by atoms with E-state index in [1.54, 1.807) is 6.92 Å². The van der Waals surface area contributed by atoms with Gasteiger partial charge >= 0.3 is 0 Å². The van der Waals surface area contributed by atoms with Crippen LogP contribution in [0.4, 0.5) is 0 Å². The van der Waals surface area contributed by atoms with E-state index >= 15 is 0 Å². The van der Waals surface area contributed by atoms with E-state index in [0.717, 1.165) is 23.3 Å². The number of hydrogen-bond donors (Lipinski definition) is 0. The van der Waals surface area contributed by atoms with Crippen LogP contribution in [0.5, 0.6) is 0 Å². The van der Waals surface area contributed by atoms with E-state index in [0.29, 0.717) is 13.1 Å². The predicted molar refractivity (Wildman–Crippen MR) is 94.7 cm³/mol. The molecule has 0 bridgehead atoms. The molecule has 3 rings (SSSR count). The molecule has 1 heterocycles. The zero-order chi connectivity index (χ0) is 16.9. The summed E-state index contributed by atoms with van der Waals surface area (Å²) in [6.45, 7) is 4.80. The first-order chi connectivity index (χ1) is 11.6. The van der Waals surface area contributed by atoms with Gasteiger partial charge in [0.2, 0.25) is 5.91 Å². The Balaban J connectivity index is 1.61. The Morgan fingerprint density at radius 3 is 2.54 bits per heavy atom. The molecule has 0 aromatic heterocycles. The zero-order valence-corrected chi connectivity index (χ0v) is 14.1. The largest absolute Gasteiger partial charge is 0.390 e. The first-order valence-electron chi connectivity index (χ1n) is 8.21. The fourth-order valence-electron chi connectivity index (χ4n) is 2.80. The van der Waals surface area contributed by atoms with E-state index in [2.05, 4.69) is 36.3 Å². The highest BCUT2D eigenvalue weighted by Crippen LogP contribution is 2.19. The van der Waals surface area contributed by atoms with Crippen molar-refractivity contribution in [2.45, 2.75) is 32.9 Å². The molecule has 0 N–H and O–H groups in total. The van der Waals surface area contributed by atoms with E-state index < -0.39 is 0 Å². The Kier molecular flexibility index (Phi) is 4.94. The summed E-state index contributed by atoms with van der Waals surface area (Å²) >= 11 is 0. The first kappa shape index (κ1) is 16.2. The topological polar surface area (TPSA) is 41.9 Å². The lowest BCUT2D eigenvalue weighted by Crippen LogP contribution is -2.35. The molecule has 4 nitrogen and oxygen atoms in total. The highest BCUT2D eigenvalue weighted by Gasteiger charge is 2.25. The molecule has 0 radical (unpaired) electrons. The summed E-state index contributed by atoms with van der Waals surface area (Å²) in [7, 11) is 0. The van der Waals surface area contributed by atoms with Gasteiger partial charge in [-0.15, -0.1) is 0 Å². The number of benzene rings is 2. The molecular formula is C20H22N2O2. The summed E-state index contributed by atoms with van der Waals surface area (Å²) in [5, 5.41) is 4.22. The van der Waals surface area contributed by atoms with Crippen LogP contribution in [0.15, 0.2) is 59.8 Å². The highest BCUT2D eigenvalue weighted by molar-refractivity contribution is 6.01. The molecule has 124 valence electrons. The van der Waals surface area contributed by atoms with Crippen LogP contribution in [0.2, 0.25) is 0 Å². The van der Waals surface area contributed by atoms with Crippen LogP contribution >= 0.6 is 0 Å². The number of aryl methyl sites for hydroxylation is 1. The number of oxime groups is 1. The lowest BCUT2D eigenvalue weighted by atomic mass is 10.0. The van der Waals surface area contributed by atoms with Crippen LogP contribution in [0, 0.1) is 6.92 Å². The van der Waals surface area contributed by atoms with Crippen molar-refractivity contribution in [2.24, 2.45) is 5.16 Å². The minimum Gasteiger partial charge on any atom is -0.390 e. The molecule has 1 atom stereocenters. The molecule has 2 aromatic carbocycles.